The van der Waals surface area contributed by atoms with Crippen molar-refractivity contribution in [3.05, 3.63) is 29.6 Å². The second kappa shape index (κ2) is 6.87. The van der Waals surface area contributed by atoms with Gasteiger partial charge in [-0.1, -0.05) is 19.9 Å². The molecule has 0 saturated heterocycles. The summed E-state index contributed by atoms with van der Waals surface area (Å²) in [5, 5.41) is 13.1. The number of ether oxygens (including phenoxy) is 1. The van der Waals surface area contributed by atoms with Crippen molar-refractivity contribution in [2.24, 2.45) is 5.41 Å². The van der Waals surface area contributed by atoms with Gasteiger partial charge in [0, 0.05) is 37.9 Å². The molecule has 0 radical (unpaired) electrons. The minimum absolute atomic E-state index is 0.00491. The highest BCUT2D eigenvalue weighted by Crippen LogP contribution is 2.26. The summed E-state index contributed by atoms with van der Waals surface area (Å²) in [5.41, 5.74) is 0.823. The number of phenolic OH excluding ortho intramolecular Hbond substituents is 1. The van der Waals surface area contributed by atoms with E-state index >= 15 is 0 Å². The van der Waals surface area contributed by atoms with E-state index in [1.165, 1.54) is 6.07 Å². The van der Waals surface area contributed by atoms with E-state index in [1.807, 2.05) is 6.92 Å². The van der Waals surface area contributed by atoms with E-state index in [4.69, 9.17) is 4.74 Å². The number of rotatable bonds is 7. The molecule has 0 fully saturated rings. The quantitative estimate of drug-likeness (QED) is 0.798. The lowest BCUT2D eigenvalue weighted by atomic mass is 9.89. The highest BCUT2D eigenvalue weighted by atomic mass is 19.1. The van der Waals surface area contributed by atoms with Crippen LogP contribution in [0.5, 0.6) is 5.75 Å². The van der Waals surface area contributed by atoms with Crippen molar-refractivity contribution >= 4 is 0 Å². The van der Waals surface area contributed by atoms with E-state index in [9.17, 15) is 9.50 Å². The zero-order chi connectivity index (χ0) is 14.5. The van der Waals surface area contributed by atoms with Crippen molar-refractivity contribution in [3.63, 3.8) is 0 Å². The van der Waals surface area contributed by atoms with Crippen LogP contribution in [-0.4, -0.2) is 25.4 Å². The highest BCUT2D eigenvalue weighted by molar-refractivity contribution is 5.34. The average Bonchev–Trinajstić information content (AvgIpc) is 2.34. The van der Waals surface area contributed by atoms with Crippen molar-refractivity contribution in [1.82, 2.24) is 5.32 Å². The molecule has 0 spiro atoms. The molecule has 4 heteroatoms. The van der Waals surface area contributed by atoms with Crippen LogP contribution in [0.3, 0.4) is 0 Å². The molecule has 0 heterocycles. The first-order valence-electron chi connectivity index (χ1n) is 6.56. The van der Waals surface area contributed by atoms with Gasteiger partial charge in [0.25, 0.3) is 0 Å². The predicted molar refractivity (Wildman–Crippen MR) is 74.8 cm³/mol. The molecule has 108 valence electrons. The fourth-order valence-electron chi connectivity index (χ4n) is 1.89. The first-order valence-corrected chi connectivity index (χ1v) is 6.56. The molecular weight excluding hydrogens is 245 g/mol. The zero-order valence-electron chi connectivity index (χ0n) is 12.2. The monoisotopic (exact) mass is 269 g/mol. The third-order valence-corrected chi connectivity index (χ3v) is 3.33. The molecule has 0 aliphatic carbocycles. The minimum atomic E-state index is -0.422. The van der Waals surface area contributed by atoms with E-state index in [1.54, 1.807) is 13.2 Å². The number of phenols is 1. The van der Waals surface area contributed by atoms with E-state index in [0.29, 0.717) is 5.56 Å². The third kappa shape index (κ3) is 5.17. The lowest BCUT2D eigenvalue weighted by Gasteiger charge is -2.27. The van der Waals surface area contributed by atoms with Gasteiger partial charge in [-0.3, -0.25) is 0 Å². The fraction of sp³-hybridized carbons (Fsp3) is 0.600. The number of halogens is 1. The summed E-state index contributed by atoms with van der Waals surface area (Å²) in [5.74, 6) is -0.427. The molecular formula is C15H24FNO2. The molecule has 0 amide bonds. The molecule has 2 N–H and O–H groups in total. The minimum Gasteiger partial charge on any atom is -0.508 e. The Bertz CT molecular complexity index is 407. The van der Waals surface area contributed by atoms with Crippen molar-refractivity contribution in [1.29, 1.82) is 0 Å². The van der Waals surface area contributed by atoms with Crippen LogP contribution < -0.4 is 5.32 Å². The first kappa shape index (κ1) is 15.9. The topological polar surface area (TPSA) is 41.5 Å². The predicted octanol–water partition coefficient (Wildman–Crippen LogP) is 3.24. The van der Waals surface area contributed by atoms with Crippen molar-refractivity contribution < 1.29 is 14.2 Å². The van der Waals surface area contributed by atoms with E-state index in [-0.39, 0.29) is 17.2 Å². The smallest absolute Gasteiger partial charge is 0.126 e. The summed E-state index contributed by atoms with van der Waals surface area (Å²) in [6.07, 6.45) is 0.957. The Labute approximate surface area is 114 Å². The first-order chi connectivity index (χ1) is 8.85. The standard InChI is InChI=1S/C15H24FNO2/c1-11(13-6-5-12(16)9-14(13)18)17-10-15(2,3)7-8-19-4/h5-6,9,11,17-18H,7-8,10H2,1-4H3. The normalized spacial score (nSPS) is 13.5. The van der Waals surface area contributed by atoms with Crippen LogP contribution in [0, 0.1) is 11.2 Å². The molecule has 0 aliphatic heterocycles. The van der Waals surface area contributed by atoms with Gasteiger partial charge >= 0.3 is 0 Å². The summed E-state index contributed by atoms with van der Waals surface area (Å²) in [6, 6.07) is 4.10. The molecule has 1 unspecified atom stereocenters. The lowest BCUT2D eigenvalue weighted by Crippen LogP contribution is -2.32. The number of hydrogen-bond donors (Lipinski definition) is 2. The molecule has 1 rings (SSSR count). The Morgan fingerprint density at radius 2 is 2.11 bits per heavy atom. The van der Waals surface area contributed by atoms with Crippen LogP contribution in [0.1, 0.15) is 38.8 Å². The Kier molecular flexibility index (Phi) is 5.76. The van der Waals surface area contributed by atoms with E-state index in [0.717, 1.165) is 25.6 Å². The molecule has 0 aromatic heterocycles. The van der Waals surface area contributed by atoms with E-state index < -0.39 is 5.82 Å². The molecule has 0 bridgehead atoms. The average molecular weight is 269 g/mol. The number of nitrogens with one attached hydrogen (secondary N) is 1. The van der Waals surface area contributed by atoms with Gasteiger partial charge in [-0.05, 0) is 24.8 Å². The van der Waals surface area contributed by atoms with Gasteiger partial charge in [0.1, 0.15) is 11.6 Å². The Hall–Kier alpha value is -1.13. The summed E-state index contributed by atoms with van der Waals surface area (Å²) in [6.45, 7) is 7.81. The zero-order valence-corrected chi connectivity index (χ0v) is 12.2. The van der Waals surface area contributed by atoms with Crippen LogP contribution in [-0.2, 0) is 4.74 Å². The largest absolute Gasteiger partial charge is 0.508 e. The molecule has 0 saturated carbocycles. The maximum Gasteiger partial charge on any atom is 0.126 e. The van der Waals surface area contributed by atoms with Crippen molar-refractivity contribution in [2.45, 2.75) is 33.2 Å². The molecule has 19 heavy (non-hydrogen) atoms. The number of aromatic hydroxyl groups is 1. The van der Waals surface area contributed by atoms with Gasteiger partial charge in [-0.25, -0.2) is 4.39 Å². The van der Waals surface area contributed by atoms with Gasteiger partial charge < -0.3 is 15.2 Å². The molecule has 1 atom stereocenters. The van der Waals surface area contributed by atoms with Gasteiger partial charge in [0.05, 0.1) is 0 Å². The van der Waals surface area contributed by atoms with Gasteiger partial charge in [0.2, 0.25) is 0 Å². The lowest BCUT2D eigenvalue weighted by molar-refractivity contribution is 0.149. The highest BCUT2D eigenvalue weighted by Gasteiger charge is 2.19. The van der Waals surface area contributed by atoms with Crippen LogP contribution in [0.4, 0.5) is 4.39 Å². The summed E-state index contributed by atoms with van der Waals surface area (Å²) in [7, 11) is 1.70. The van der Waals surface area contributed by atoms with E-state index in [2.05, 4.69) is 19.2 Å². The second-order valence-corrected chi connectivity index (χ2v) is 5.71. The summed E-state index contributed by atoms with van der Waals surface area (Å²) < 4.78 is 18.0. The molecule has 1 aromatic rings. The number of benzene rings is 1. The van der Waals surface area contributed by atoms with Crippen molar-refractivity contribution in [2.75, 3.05) is 20.3 Å². The Balaban J connectivity index is 2.57. The maximum absolute atomic E-state index is 12.9. The molecule has 3 nitrogen and oxygen atoms in total. The number of hydrogen-bond acceptors (Lipinski definition) is 3. The van der Waals surface area contributed by atoms with Crippen LogP contribution in [0.15, 0.2) is 18.2 Å². The number of methoxy groups -OCH3 is 1. The van der Waals surface area contributed by atoms with Crippen LogP contribution in [0.2, 0.25) is 0 Å². The van der Waals surface area contributed by atoms with Gasteiger partial charge in [0.15, 0.2) is 0 Å². The van der Waals surface area contributed by atoms with Gasteiger partial charge in [-0.2, -0.15) is 0 Å². The van der Waals surface area contributed by atoms with Crippen LogP contribution in [0.25, 0.3) is 0 Å². The molecule has 0 aliphatic rings. The van der Waals surface area contributed by atoms with Crippen molar-refractivity contribution in [3.8, 4) is 5.75 Å². The second-order valence-electron chi connectivity index (χ2n) is 5.71. The fourth-order valence-corrected chi connectivity index (χ4v) is 1.89. The molecule has 1 aromatic carbocycles. The summed E-state index contributed by atoms with van der Waals surface area (Å²) >= 11 is 0. The Morgan fingerprint density at radius 1 is 1.42 bits per heavy atom. The maximum atomic E-state index is 12.9. The summed E-state index contributed by atoms with van der Waals surface area (Å²) in [4.78, 5) is 0. The van der Waals surface area contributed by atoms with Crippen LogP contribution >= 0.6 is 0 Å². The van der Waals surface area contributed by atoms with Gasteiger partial charge in [-0.15, -0.1) is 0 Å². The third-order valence-electron chi connectivity index (χ3n) is 3.33. The SMILES string of the molecule is COCCC(C)(C)CNC(C)c1ccc(F)cc1O. The Morgan fingerprint density at radius 3 is 2.68 bits per heavy atom.